The molecule has 1 N–H and O–H groups in total. The molecule has 1 aromatic rings. The Labute approximate surface area is 118 Å². The molecule has 0 unspecified atom stereocenters. The largest absolute Gasteiger partial charge is 0.321 e. The molecule has 0 spiro atoms. The summed E-state index contributed by atoms with van der Waals surface area (Å²) in [5.41, 5.74) is 1.60. The van der Waals surface area contributed by atoms with E-state index in [2.05, 4.69) is 5.32 Å². The Morgan fingerprint density at radius 2 is 2.21 bits per heavy atom. The fraction of sp³-hybridized carbons (Fsp3) is 0.286. The van der Waals surface area contributed by atoms with Crippen LogP contribution in [0.15, 0.2) is 29.8 Å². The summed E-state index contributed by atoms with van der Waals surface area (Å²) >= 11 is 5.88. The number of nitriles is 1. The van der Waals surface area contributed by atoms with Gasteiger partial charge in [-0.3, -0.25) is 4.79 Å². The lowest BCUT2D eigenvalue weighted by Crippen LogP contribution is -2.17. The van der Waals surface area contributed by atoms with E-state index in [1.54, 1.807) is 18.2 Å². The van der Waals surface area contributed by atoms with E-state index in [0.29, 0.717) is 17.3 Å². The number of hydrogen-bond donors (Lipinski definition) is 1. The molecular weight excluding hydrogens is 262 g/mol. The van der Waals surface area contributed by atoms with Crippen LogP contribution >= 0.6 is 11.6 Å². The summed E-state index contributed by atoms with van der Waals surface area (Å²) in [6.45, 7) is 2.40. The standard InChI is InChI=1S/C14H16ClN3O/c1-10-4-5-12(15)8-13(10)17-14(19)11(9-16)6-7-18(2)3/h4-6,8H,7H2,1-3H3,(H,17,19). The molecule has 100 valence electrons. The first kappa shape index (κ1) is 15.2. The number of rotatable bonds is 4. The van der Waals surface area contributed by atoms with Crippen LogP contribution in [0.1, 0.15) is 5.56 Å². The molecule has 0 radical (unpaired) electrons. The second-order valence-corrected chi connectivity index (χ2v) is 4.84. The van der Waals surface area contributed by atoms with Gasteiger partial charge < -0.3 is 10.2 Å². The molecule has 0 fully saturated rings. The number of carbonyl (C=O) groups is 1. The van der Waals surface area contributed by atoms with E-state index in [1.165, 1.54) is 0 Å². The quantitative estimate of drug-likeness (QED) is 0.680. The normalized spacial score (nSPS) is 11.3. The average molecular weight is 278 g/mol. The number of nitrogens with zero attached hydrogens (tertiary/aromatic N) is 2. The van der Waals surface area contributed by atoms with Crippen molar-refractivity contribution in [3.63, 3.8) is 0 Å². The van der Waals surface area contributed by atoms with Gasteiger partial charge in [0.25, 0.3) is 5.91 Å². The fourth-order valence-electron chi connectivity index (χ4n) is 1.38. The second-order valence-electron chi connectivity index (χ2n) is 4.41. The molecule has 19 heavy (non-hydrogen) atoms. The summed E-state index contributed by atoms with van der Waals surface area (Å²) < 4.78 is 0. The lowest BCUT2D eigenvalue weighted by molar-refractivity contribution is -0.112. The van der Waals surface area contributed by atoms with E-state index in [1.807, 2.05) is 38.1 Å². The summed E-state index contributed by atoms with van der Waals surface area (Å²) in [6.07, 6.45) is 1.59. The zero-order valence-corrected chi connectivity index (χ0v) is 12.0. The van der Waals surface area contributed by atoms with Crippen LogP contribution in [-0.2, 0) is 4.79 Å². The van der Waals surface area contributed by atoms with Gasteiger partial charge in [0.05, 0.1) is 0 Å². The SMILES string of the molecule is Cc1ccc(Cl)cc1NC(=O)C(C#N)=CCN(C)C. The van der Waals surface area contributed by atoms with E-state index >= 15 is 0 Å². The topological polar surface area (TPSA) is 56.1 Å². The Kier molecular flexibility index (Phi) is 5.56. The minimum absolute atomic E-state index is 0.0908. The van der Waals surface area contributed by atoms with E-state index in [9.17, 15) is 4.79 Å². The lowest BCUT2D eigenvalue weighted by Gasteiger charge is -2.09. The minimum Gasteiger partial charge on any atom is -0.321 e. The van der Waals surface area contributed by atoms with Crippen LogP contribution in [-0.4, -0.2) is 31.4 Å². The highest BCUT2D eigenvalue weighted by Crippen LogP contribution is 2.20. The molecular formula is C14H16ClN3O. The molecule has 0 saturated carbocycles. The zero-order valence-electron chi connectivity index (χ0n) is 11.2. The molecule has 0 aliphatic carbocycles. The molecule has 0 atom stereocenters. The Morgan fingerprint density at radius 1 is 1.53 bits per heavy atom. The molecule has 0 aliphatic rings. The van der Waals surface area contributed by atoms with Crippen LogP contribution in [0.5, 0.6) is 0 Å². The fourth-order valence-corrected chi connectivity index (χ4v) is 1.55. The van der Waals surface area contributed by atoms with Crippen molar-refractivity contribution in [2.45, 2.75) is 6.92 Å². The highest BCUT2D eigenvalue weighted by Gasteiger charge is 2.10. The van der Waals surface area contributed by atoms with Crippen molar-refractivity contribution in [3.05, 3.63) is 40.4 Å². The molecule has 1 aromatic carbocycles. The minimum atomic E-state index is -0.422. The maximum absolute atomic E-state index is 12.0. The number of anilines is 1. The van der Waals surface area contributed by atoms with Crippen molar-refractivity contribution in [1.82, 2.24) is 4.90 Å². The Balaban J connectivity index is 2.86. The number of likely N-dealkylation sites (N-methyl/N-ethyl adjacent to an activating group) is 1. The molecule has 0 aliphatic heterocycles. The molecule has 0 bridgehead atoms. The predicted octanol–water partition coefficient (Wildman–Crippen LogP) is 2.60. The van der Waals surface area contributed by atoms with Gasteiger partial charge in [-0.15, -0.1) is 0 Å². The molecule has 5 heteroatoms. The first-order valence-electron chi connectivity index (χ1n) is 5.76. The van der Waals surface area contributed by atoms with Gasteiger partial charge in [0.2, 0.25) is 0 Å². The lowest BCUT2D eigenvalue weighted by atomic mass is 10.2. The summed E-state index contributed by atoms with van der Waals surface area (Å²) in [7, 11) is 3.73. The summed E-state index contributed by atoms with van der Waals surface area (Å²) in [4.78, 5) is 13.8. The van der Waals surface area contributed by atoms with Crippen molar-refractivity contribution in [2.75, 3.05) is 26.0 Å². The number of carbonyl (C=O) groups excluding carboxylic acids is 1. The van der Waals surface area contributed by atoms with Crippen LogP contribution in [0.2, 0.25) is 5.02 Å². The van der Waals surface area contributed by atoms with E-state index in [-0.39, 0.29) is 5.57 Å². The predicted molar refractivity (Wildman–Crippen MR) is 77.1 cm³/mol. The number of halogens is 1. The first-order valence-corrected chi connectivity index (χ1v) is 6.14. The van der Waals surface area contributed by atoms with Crippen LogP contribution in [0, 0.1) is 18.3 Å². The van der Waals surface area contributed by atoms with E-state index in [4.69, 9.17) is 16.9 Å². The van der Waals surface area contributed by atoms with Gasteiger partial charge in [0, 0.05) is 17.3 Å². The maximum atomic E-state index is 12.0. The highest BCUT2D eigenvalue weighted by molar-refractivity contribution is 6.31. The van der Waals surface area contributed by atoms with Crippen molar-refractivity contribution in [3.8, 4) is 6.07 Å². The third-order valence-electron chi connectivity index (χ3n) is 2.47. The van der Waals surface area contributed by atoms with Gasteiger partial charge in [0.15, 0.2) is 0 Å². The van der Waals surface area contributed by atoms with Gasteiger partial charge in [-0.2, -0.15) is 5.26 Å². The Bertz CT molecular complexity index is 544. The third-order valence-corrected chi connectivity index (χ3v) is 2.71. The number of nitrogens with one attached hydrogen (secondary N) is 1. The summed E-state index contributed by atoms with van der Waals surface area (Å²) in [5.74, 6) is -0.422. The molecule has 1 amide bonds. The monoisotopic (exact) mass is 277 g/mol. The van der Waals surface area contributed by atoms with Crippen molar-refractivity contribution in [1.29, 1.82) is 5.26 Å². The highest BCUT2D eigenvalue weighted by atomic mass is 35.5. The van der Waals surface area contributed by atoms with Crippen LogP contribution < -0.4 is 5.32 Å². The van der Waals surface area contributed by atoms with Crippen molar-refractivity contribution >= 4 is 23.2 Å². The number of benzene rings is 1. The van der Waals surface area contributed by atoms with E-state index < -0.39 is 5.91 Å². The Hall–Kier alpha value is -1.83. The van der Waals surface area contributed by atoms with Gasteiger partial charge in [0.1, 0.15) is 11.6 Å². The van der Waals surface area contributed by atoms with Gasteiger partial charge >= 0.3 is 0 Å². The average Bonchev–Trinajstić information content (AvgIpc) is 2.34. The molecule has 0 heterocycles. The van der Waals surface area contributed by atoms with Crippen molar-refractivity contribution < 1.29 is 4.79 Å². The molecule has 4 nitrogen and oxygen atoms in total. The first-order chi connectivity index (χ1) is 8.93. The van der Waals surface area contributed by atoms with Gasteiger partial charge in [-0.25, -0.2) is 0 Å². The maximum Gasteiger partial charge on any atom is 0.266 e. The number of aryl methyl sites for hydroxylation is 1. The zero-order chi connectivity index (χ0) is 14.4. The van der Waals surface area contributed by atoms with Crippen LogP contribution in [0.25, 0.3) is 0 Å². The second kappa shape index (κ2) is 6.93. The van der Waals surface area contributed by atoms with Gasteiger partial charge in [-0.05, 0) is 44.8 Å². The molecule has 1 rings (SSSR count). The molecule has 0 aromatic heterocycles. The third kappa shape index (κ3) is 4.74. The van der Waals surface area contributed by atoms with Gasteiger partial charge in [-0.1, -0.05) is 17.7 Å². The van der Waals surface area contributed by atoms with Crippen molar-refractivity contribution in [2.24, 2.45) is 0 Å². The molecule has 0 saturated heterocycles. The summed E-state index contributed by atoms with van der Waals surface area (Å²) in [5, 5.41) is 12.2. The Morgan fingerprint density at radius 3 is 2.79 bits per heavy atom. The van der Waals surface area contributed by atoms with Crippen LogP contribution in [0.4, 0.5) is 5.69 Å². The van der Waals surface area contributed by atoms with E-state index in [0.717, 1.165) is 5.56 Å². The number of hydrogen-bond acceptors (Lipinski definition) is 3. The number of amides is 1. The summed E-state index contributed by atoms with van der Waals surface area (Å²) in [6, 6.07) is 7.13. The van der Waals surface area contributed by atoms with Crippen LogP contribution in [0.3, 0.4) is 0 Å². The smallest absolute Gasteiger partial charge is 0.266 e.